The first-order chi connectivity index (χ1) is 7.05. The summed E-state index contributed by atoms with van der Waals surface area (Å²) in [6.45, 7) is 8.63. The lowest BCUT2D eigenvalue weighted by Gasteiger charge is -2.23. The molecule has 1 unspecified atom stereocenters. The molecule has 0 saturated heterocycles. The normalized spacial score (nSPS) is 14.2. The second kappa shape index (κ2) is 8.08. The van der Waals surface area contributed by atoms with Crippen LogP contribution in [-0.4, -0.2) is 37.5 Å². The van der Waals surface area contributed by atoms with E-state index in [1.54, 1.807) is 7.11 Å². The molecule has 92 valence electrons. The molecule has 0 aliphatic carbocycles. The predicted octanol–water partition coefficient (Wildman–Crippen LogP) is 1.80. The van der Waals surface area contributed by atoms with Gasteiger partial charge in [0.05, 0.1) is 5.60 Å². The Hall–Kier alpha value is -0.120. The van der Waals surface area contributed by atoms with Gasteiger partial charge in [-0.2, -0.15) is 0 Å². The number of hydrogen-bond donors (Lipinski definition) is 2. The Morgan fingerprint density at radius 1 is 1.40 bits per heavy atom. The van der Waals surface area contributed by atoms with E-state index in [-0.39, 0.29) is 5.60 Å². The third-order valence-electron chi connectivity index (χ3n) is 3.00. The number of methoxy groups -OCH3 is 1. The van der Waals surface area contributed by atoms with Crippen LogP contribution in [0.1, 0.15) is 40.0 Å². The molecule has 1 atom stereocenters. The van der Waals surface area contributed by atoms with Gasteiger partial charge in [0.25, 0.3) is 0 Å². The van der Waals surface area contributed by atoms with Crippen LogP contribution in [0.3, 0.4) is 0 Å². The fourth-order valence-electron chi connectivity index (χ4n) is 1.43. The van der Waals surface area contributed by atoms with Crippen molar-refractivity contribution in [2.45, 2.75) is 45.6 Å². The molecule has 15 heavy (non-hydrogen) atoms. The fourth-order valence-corrected chi connectivity index (χ4v) is 1.43. The highest BCUT2D eigenvalue weighted by atomic mass is 16.5. The lowest BCUT2D eigenvalue weighted by Crippen LogP contribution is -2.31. The second-order valence-corrected chi connectivity index (χ2v) is 4.70. The summed E-state index contributed by atoms with van der Waals surface area (Å²) < 4.78 is 5.34. The van der Waals surface area contributed by atoms with E-state index in [1.165, 1.54) is 0 Å². The van der Waals surface area contributed by atoms with Gasteiger partial charge in [0, 0.05) is 13.7 Å². The molecule has 0 rings (SSSR count). The minimum Gasteiger partial charge on any atom is -0.396 e. The molecule has 0 amide bonds. The standard InChI is InChI=1S/C12H27NO2/c1-5-11(6-9-14)10-13-8-7-12(2,3)15-4/h11,13-14H,5-10H2,1-4H3. The number of hydrogen-bond acceptors (Lipinski definition) is 3. The molecule has 3 nitrogen and oxygen atoms in total. The van der Waals surface area contributed by atoms with Gasteiger partial charge in [-0.3, -0.25) is 0 Å². The minimum absolute atomic E-state index is 0.0360. The highest BCUT2D eigenvalue weighted by Crippen LogP contribution is 2.12. The van der Waals surface area contributed by atoms with Crippen LogP contribution in [0.4, 0.5) is 0 Å². The Morgan fingerprint density at radius 3 is 2.53 bits per heavy atom. The van der Waals surface area contributed by atoms with E-state index in [1.807, 2.05) is 0 Å². The maximum absolute atomic E-state index is 8.84. The molecule has 0 aromatic heterocycles. The van der Waals surface area contributed by atoms with Gasteiger partial charge in [0.15, 0.2) is 0 Å². The van der Waals surface area contributed by atoms with Gasteiger partial charge in [-0.25, -0.2) is 0 Å². The highest BCUT2D eigenvalue weighted by molar-refractivity contribution is 4.70. The smallest absolute Gasteiger partial charge is 0.0634 e. The van der Waals surface area contributed by atoms with Crippen LogP contribution in [-0.2, 0) is 4.74 Å². The van der Waals surface area contributed by atoms with Crippen molar-refractivity contribution in [2.75, 3.05) is 26.8 Å². The number of aliphatic hydroxyl groups is 1. The summed E-state index contributed by atoms with van der Waals surface area (Å²) in [4.78, 5) is 0. The van der Waals surface area contributed by atoms with Crippen LogP contribution >= 0.6 is 0 Å². The van der Waals surface area contributed by atoms with E-state index in [0.717, 1.165) is 32.4 Å². The van der Waals surface area contributed by atoms with Crippen LogP contribution in [0.15, 0.2) is 0 Å². The van der Waals surface area contributed by atoms with Gasteiger partial charge in [0.1, 0.15) is 0 Å². The summed E-state index contributed by atoms with van der Waals surface area (Å²) in [5.74, 6) is 0.598. The van der Waals surface area contributed by atoms with Crippen LogP contribution < -0.4 is 5.32 Å². The number of aliphatic hydroxyl groups excluding tert-OH is 1. The molecule has 0 aromatic carbocycles. The number of nitrogens with one attached hydrogen (secondary N) is 1. The van der Waals surface area contributed by atoms with Crippen molar-refractivity contribution >= 4 is 0 Å². The molecule has 0 spiro atoms. The number of rotatable bonds is 9. The maximum atomic E-state index is 8.84. The fraction of sp³-hybridized carbons (Fsp3) is 1.00. The van der Waals surface area contributed by atoms with Gasteiger partial charge < -0.3 is 15.2 Å². The lowest BCUT2D eigenvalue weighted by atomic mass is 10.0. The first kappa shape index (κ1) is 14.9. The van der Waals surface area contributed by atoms with Crippen LogP contribution in [0, 0.1) is 5.92 Å². The van der Waals surface area contributed by atoms with E-state index in [2.05, 4.69) is 26.1 Å². The third kappa shape index (κ3) is 7.77. The van der Waals surface area contributed by atoms with E-state index in [4.69, 9.17) is 9.84 Å². The van der Waals surface area contributed by atoms with Gasteiger partial charge in [-0.15, -0.1) is 0 Å². The summed E-state index contributed by atoms with van der Waals surface area (Å²) in [6.07, 6.45) is 3.04. The zero-order chi connectivity index (χ0) is 11.7. The lowest BCUT2D eigenvalue weighted by molar-refractivity contribution is 0.0157. The van der Waals surface area contributed by atoms with E-state index >= 15 is 0 Å². The van der Waals surface area contributed by atoms with Gasteiger partial charge >= 0.3 is 0 Å². The van der Waals surface area contributed by atoms with Crippen LogP contribution in [0.25, 0.3) is 0 Å². The van der Waals surface area contributed by atoms with Gasteiger partial charge in [-0.05, 0) is 45.7 Å². The Labute approximate surface area is 94.2 Å². The molecular weight excluding hydrogens is 190 g/mol. The van der Waals surface area contributed by atoms with Crippen LogP contribution in [0.2, 0.25) is 0 Å². The Balaban J connectivity index is 3.52. The van der Waals surface area contributed by atoms with Crippen molar-refractivity contribution in [1.29, 1.82) is 0 Å². The maximum Gasteiger partial charge on any atom is 0.0634 e. The van der Waals surface area contributed by atoms with Crippen molar-refractivity contribution in [3.8, 4) is 0 Å². The minimum atomic E-state index is -0.0360. The molecule has 0 aromatic rings. The molecule has 0 aliphatic rings. The van der Waals surface area contributed by atoms with E-state index in [0.29, 0.717) is 12.5 Å². The molecule has 2 N–H and O–H groups in total. The van der Waals surface area contributed by atoms with Gasteiger partial charge in [0.2, 0.25) is 0 Å². The third-order valence-corrected chi connectivity index (χ3v) is 3.00. The second-order valence-electron chi connectivity index (χ2n) is 4.70. The summed E-state index contributed by atoms with van der Waals surface area (Å²) in [5.41, 5.74) is -0.0360. The van der Waals surface area contributed by atoms with Crippen molar-refractivity contribution in [3.63, 3.8) is 0 Å². The quantitative estimate of drug-likeness (QED) is 0.579. The first-order valence-corrected chi connectivity index (χ1v) is 5.92. The zero-order valence-electron chi connectivity index (χ0n) is 10.7. The molecule has 0 bridgehead atoms. The summed E-state index contributed by atoms with van der Waals surface area (Å²) in [6, 6.07) is 0. The first-order valence-electron chi connectivity index (χ1n) is 5.92. The average molecular weight is 217 g/mol. The molecule has 0 aliphatic heterocycles. The molecule has 0 saturated carbocycles. The van der Waals surface area contributed by atoms with Crippen molar-refractivity contribution in [1.82, 2.24) is 5.32 Å². The Kier molecular flexibility index (Phi) is 8.02. The largest absolute Gasteiger partial charge is 0.396 e. The Bertz CT molecular complexity index is 149. The highest BCUT2D eigenvalue weighted by Gasteiger charge is 2.15. The van der Waals surface area contributed by atoms with Crippen molar-refractivity contribution in [2.24, 2.45) is 5.92 Å². The topological polar surface area (TPSA) is 41.5 Å². The Morgan fingerprint density at radius 2 is 2.07 bits per heavy atom. The monoisotopic (exact) mass is 217 g/mol. The van der Waals surface area contributed by atoms with Crippen molar-refractivity contribution < 1.29 is 9.84 Å². The average Bonchev–Trinajstić information content (AvgIpc) is 2.22. The summed E-state index contributed by atoms with van der Waals surface area (Å²) in [7, 11) is 1.75. The van der Waals surface area contributed by atoms with E-state index in [9.17, 15) is 0 Å². The summed E-state index contributed by atoms with van der Waals surface area (Å²) >= 11 is 0. The van der Waals surface area contributed by atoms with Crippen LogP contribution in [0.5, 0.6) is 0 Å². The molecule has 0 heterocycles. The molecule has 0 fully saturated rings. The van der Waals surface area contributed by atoms with E-state index < -0.39 is 0 Å². The predicted molar refractivity (Wildman–Crippen MR) is 64.1 cm³/mol. The van der Waals surface area contributed by atoms with Gasteiger partial charge in [-0.1, -0.05) is 13.3 Å². The van der Waals surface area contributed by atoms with Crippen molar-refractivity contribution in [3.05, 3.63) is 0 Å². The SMILES string of the molecule is CCC(CCO)CNCCC(C)(C)OC. The summed E-state index contributed by atoms with van der Waals surface area (Å²) in [5, 5.41) is 12.3. The molecule has 0 radical (unpaired) electrons. The molecule has 3 heteroatoms. The number of ether oxygens (including phenoxy) is 1. The molecular formula is C12H27NO2. The zero-order valence-corrected chi connectivity index (χ0v) is 10.7.